The SMILES string of the molecule is CCNC(=NCc1cc(Br)ccc1OC(F)F)NCCCCOCC. The van der Waals surface area contributed by atoms with Crippen molar-refractivity contribution in [2.75, 3.05) is 26.3 Å². The molecule has 2 N–H and O–H groups in total. The second-order valence-corrected chi connectivity index (χ2v) is 6.07. The minimum absolute atomic E-state index is 0.134. The van der Waals surface area contributed by atoms with Gasteiger partial charge < -0.3 is 20.1 Å². The molecule has 0 aliphatic rings. The maximum atomic E-state index is 12.5. The molecule has 1 rings (SSSR count). The van der Waals surface area contributed by atoms with E-state index >= 15 is 0 Å². The fourth-order valence-electron chi connectivity index (χ4n) is 2.07. The van der Waals surface area contributed by atoms with Gasteiger partial charge in [-0.25, -0.2) is 4.99 Å². The first-order valence-electron chi connectivity index (χ1n) is 8.40. The molecule has 0 unspecified atom stereocenters. The zero-order valence-corrected chi connectivity index (χ0v) is 16.2. The van der Waals surface area contributed by atoms with Gasteiger partial charge in [-0.3, -0.25) is 0 Å². The molecule has 0 aliphatic heterocycles. The Balaban J connectivity index is 2.62. The molecule has 25 heavy (non-hydrogen) atoms. The molecule has 1 aromatic rings. The Morgan fingerprint density at radius 2 is 2.04 bits per heavy atom. The maximum absolute atomic E-state index is 12.5. The van der Waals surface area contributed by atoms with Gasteiger partial charge in [-0.2, -0.15) is 8.78 Å². The van der Waals surface area contributed by atoms with Crippen molar-refractivity contribution in [1.29, 1.82) is 0 Å². The average Bonchev–Trinajstić information content (AvgIpc) is 2.57. The highest BCUT2D eigenvalue weighted by Crippen LogP contribution is 2.25. The lowest BCUT2D eigenvalue weighted by molar-refractivity contribution is -0.0504. The average molecular weight is 422 g/mol. The first kappa shape index (κ1) is 21.6. The van der Waals surface area contributed by atoms with Crippen LogP contribution < -0.4 is 15.4 Å². The van der Waals surface area contributed by atoms with Crippen LogP contribution in [0.3, 0.4) is 0 Å². The summed E-state index contributed by atoms with van der Waals surface area (Å²) in [5.41, 5.74) is 0.586. The molecule has 0 bridgehead atoms. The smallest absolute Gasteiger partial charge is 0.387 e. The van der Waals surface area contributed by atoms with Crippen LogP contribution in [0.5, 0.6) is 5.75 Å². The Hall–Kier alpha value is -1.41. The first-order valence-corrected chi connectivity index (χ1v) is 9.19. The molecule has 0 saturated carbocycles. The normalized spacial score (nSPS) is 11.7. The Morgan fingerprint density at radius 3 is 2.72 bits per heavy atom. The molecule has 0 aromatic heterocycles. The molecule has 142 valence electrons. The zero-order valence-electron chi connectivity index (χ0n) is 14.7. The molecule has 0 amide bonds. The van der Waals surface area contributed by atoms with E-state index in [2.05, 4.69) is 36.3 Å². The number of nitrogens with zero attached hydrogens (tertiary/aromatic N) is 1. The van der Waals surface area contributed by atoms with Crippen LogP contribution in [-0.2, 0) is 11.3 Å². The van der Waals surface area contributed by atoms with Crippen molar-refractivity contribution in [2.45, 2.75) is 39.8 Å². The van der Waals surface area contributed by atoms with E-state index in [1.54, 1.807) is 12.1 Å². The third kappa shape index (κ3) is 9.60. The Kier molecular flexibility index (Phi) is 11.1. The number of halogens is 3. The molecule has 5 nitrogen and oxygen atoms in total. The van der Waals surface area contributed by atoms with E-state index in [-0.39, 0.29) is 12.3 Å². The molecule has 8 heteroatoms. The molecule has 0 heterocycles. The minimum atomic E-state index is -2.86. The van der Waals surface area contributed by atoms with E-state index < -0.39 is 6.61 Å². The van der Waals surface area contributed by atoms with E-state index in [0.29, 0.717) is 18.1 Å². The quantitative estimate of drug-likeness (QED) is 0.323. The lowest BCUT2D eigenvalue weighted by atomic mass is 10.2. The summed E-state index contributed by atoms with van der Waals surface area (Å²) in [6.07, 6.45) is 1.93. The maximum Gasteiger partial charge on any atom is 0.387 e. The summed E-state index contributed by atoms with van der Waals surface area (Å²) < 4.78 is 35.7. The zero-order chi connectivity index (χ0) is 18.5. The molecule has 0 saturated heterocycles. The number of nitrogens with one attached hydrogen (secondary N) is 2. The number of ether oxygens (including phenoxy) is 2. The van der Waals surface area contributed by atoms with Crippen molar-refractivity contribution in [3.63, 3.8) is 0 Å². The molecule has 0 spiro atoms. The monoisotopic (exact) mass is 421 g/mol. The van der Waals surface area contributed by atoms with Crippen LogP contribution >= 0.6 is 15.9 Å². The van der Waals surface area contributed by atoms with Crippen LogP contribution in [0.25, 0.3) is 0 Å². The van der Waals surface area contributed by atoms with Gasteiger partial charge in [-0.05, 0) is 44.9 Å². The largest absolute Gasteiger partial charge is 0.434 e. The fraction of sp³-hybridized carbons (Fsp3) is 0.588. The molecule has 0 radical (unpaired) electrons. The van der Waals surface area contributed by atoms with Crippen LogP contribution in [0, 0.1) is 0 Å². The second kappa shape index (κ2) is 12.9. The van der Waals surface area contributed by atoms with E-state index in [1.807, 2.05) is 13.8 Å². The van der Waals surface area contributed by atoms with E-state index in [9.17, 15) is 8.78 Å². The summed E-state index contributed by atoms with van der Waals surface area (Å²) in [6, 6.07) is 4.90. The van der Waals surface area contributed by atoms with Gasteiger partial charge in [0.05, 0.1) is 6.54 Å². The van der Waals surface area contributed by atoms with Gasteiger partial charge in [0.15, 0.2) is 5.96 Å². The van der Waals surface area contributed by atoms with Crippen molar-refractivity contribution < 1.29 is 18.3 Å². The van der Waals surface area contributed by atoms with Gasteiger partial charge in [0.2, 0.25) is 0 Å². The Bertz CT molecular complexity index is 531. The Labute approximate surface area is 156 Å². The van der Waals surface area contributed by atoms with E-state index in [0.717, 1.165) is 37.1 Å². The summed E-state index contributed by atoms with van der Waals surface area (Å²) >= 11 is 3.34. The standard InChI is InChI=1S/C17H26BrF2N3O2/c1-3-21-17(22-9-5-6-10-24-4-2)23-12-13-11-14(18)7-8-15(13)25-16(19)20/h7-8,11,16H,3-6,9-10,12H2,1-2H3,(H2,21,22,23). The number of guanidine groups is 1. The second-order valence-electron chi connectivity index (χ2n) is 5.16. The third-order valence-electron chi connectivity index (χ3n) is 3.20. The summed E-state index contributed by atoms with van der Waals surface area (Å²) in [7, 11) is 0. The van der Waals surface area contributed by atoms with Crippen molar-refractivity contribution >= 4 is 21.9 Å². The Morgan fingerprint density at radius 1 is 1.24 bits per heavy atom. The number of hydrogen-bond acceptors (Lipinski definition) is 3. The highest BCUT2D eigenvalue weighted by Gasteiger charge is 2.10. The van der Waals surface area contributed by atoms with Crippen LogP contribution in [0.2, 0.25) is 0 Å². The van der Waals surface area contributed by atoms with Crippen molar-refractivity contribution in [2.24, 2.45) is 4.99 Å². The lowest BCUT2D eigenvalue weighted by Crippen LogP contribution is -2.37. The van der Waals surface area contributed by atoms with Crippen molar-refractivity contribution in [3.8, 4) is 5.75 Å². The first-order chi connectivity index (χ1) is 12.1. The van der Waals surface area contributed by atoms with Gasteiger partial charge >= 0.3 is 6.61 Å². The highest BCUT2D eigenvalue weighted by atomic mass is 79.9. The molecule has 0 fully saturated rings. The van der Waals surface area contributed by atoms with Crippen LogP contribution in [-0.4, -0.2) is 38.9 Å². The van der Waals surface area contributed by atoms with E-state index in [4.69, 9.17) is 4.74 Å². The molecule has 0 aliphatic carbocycles. The minimum Gasteiger partial charge on any atom is -0.434 e. The van der Waals surface area contributed by atoms with Gasteiger partial charge in [-0.15, -0.1) is 0 Å². The number of benzene rings is 1. The number of aliphatic imine (C=N–C) groups is 1. The van der Waals surface area contributed by atoms with Gasteiger partial charge in [0.25, 0.3) is 0 Å². The number of alkyl halides is 2. The lowest BCUT2D eigenvalue weighted by Gasteiger charge is -2.13. The number of unbranched alkanes of at least 4 members (excludes halogenated alkanes) is 1. The highest BCUT2D eigenvalue weighted by molar-refractivity contribution is 9.10. The van der Waals surface area contributed by atoms with Gasteiger partial charge in [0, 0.05) is 36.3 Å². The van der Waals surface area contributed by atoms with Crippen molar-refractivity contribution in [1.82, 2.24) is 10.6 Å². The summed E-state index contributed by atoms with van der Waals surface area (Å²) in [5.74, 6) is 0.774. The molecule has 1 aromatic carbocycles. The predicted octanol–water partition coefficient (Wildman–Crippen LogP) is 3.92. The molecule has 0 atom stereocenters. The third-order valence-corrected chi connectivity index (χ3v) is 3.70. The van der Waals surface area contributed by atoms with Gasteiger partial charge in [0.1, 0.15) is 5.75 Å². The fourth-order valence-corrected chi connectivity index (χ4v) is 2.48. The summed E-state index contributed by atoms with van der Waals surface area (Å²) in [6.45, 7) is 4.27. The van der Waals surface area contributed by atoms with Crippen LogP contribution in [0.4, 0.5) is 8.78 Å². The van der Waals surface area contributed by atoms with Crippen molar-refractivity contribution in [3.05, 3.63) is 28.2 Å². The number of hydrogen-bond donors (Lipinski definition) is 2. The predicted molar refractivity (Wildman–Crippen MR) is 99.3 cm³/mol. The number of rotatable bonds is 11. The van der Waals surface area contributed by atoms with Gasteiger partial charge in [-0.1, -0.05) is 15.9 Å². The molecular formula is C17H26BrF2N3O2. The van der Waals surface area contributed by atoms with Crippen LogP contribution in [0.15, 0.2) is 27.7 Å². The van der Waals surface area contributed by atoms with E-state index in [1.165, 1.54) is 6.07 Å². The topological polar surface area (TPSA) is 54.9 Å². The summed E-state index contributed by atoms with van der Waals surface area (Å²) in [5, 5.41) is 6.36. The molecular weight excluding hydrogens is 396 g/mol. The summed E-state index contributed by atoms with van der Waals surface area (Å²) in [4.78, 5) is 4.44. The van der Waals surface area contributed by atoms with Crippen LogP contribution in [0.1, 0.15) is 32.3 Å².